The molecule has 0 radical (unpaired) electrons. The van der Waals surface area contributed by atoms with E-state index in [2.05, 4.69) is 25.3 Å². The molecule has 2 atom stereocenters. The molecule has 0 amide bonds. The SMILES string of the molecule is CC(S)C(=O)[O-].CC(S)C(=O)[O-].[Na+].[Na+]. The van der Waals surface area contributed by atoms with Crippen LogP contribution in [0.1, 0.15) is 13.8 Å². The summed E-state index contributed by atoms with van der Waals surface area (Å²) in [6.07, 6.45) is 0. The Balaban J connectivity index is -0.0000000625. The van der Waals surface area contributed by atoms with Gasteiger partial charge >= 0.3 is 59.1 Å². The molecule has 0 saturated carbocycles. The first-order valence-electron chi connectivity index (χ1n) is 3.06. The van der Waals surface area contributed by atoms with Crippen LogP contribution in [0.4, 0.5) is 0 Å². The second-order valence-corrected chi connectivity index (χ2v) is 3.54. The van der Waals surface area contributed by atoms with Crippen LogP contribution in [-0.4, -0.2) is 22.4 Å². The molecule has 0 aliphatic carbocycles. The maximum Gasteiger partial charge on any atom is 1.00 e. The van der Waals surface area contributed by atoms with Crippen molar-refractivity contribution < 1.29 is 78.9 Å². The van der Waals surface area contributed by atoms with E-state index >= 15 is 0 Å². The molecule has 4 nitrogen and oxygen atoms in total. The fraction of sp³-hybridized carbons (Fsp3) is 0.667. The van der Waals surface area contributed by atoms with E-state index in [1.165, 1.54) is 13.8 Å². The van der Waals surface area contributed by atoms with E-state index in [0.717, 1.165) is 0 Å². The Labute approximate surface area is 139 Å². The van der Waals surface area contributed by atoms with Gasteiger partial charge in [-0.15, -0.1) is 0 Å². The standard InChI is InChI=1S/2C3H6O2S.2Na/c2*1-2(6)3(4)5;;/h2*2,6H,1H3,(H,4,5);;/q;;2*+1/p-2. The molecule has 8 heteroatoms. The number of aliphatic carboxylic acids is 2. The van der Waals surface area contributed by atoms with Crippen LogP contribution < -0.4 is 69.3 Å². The summed E-state index contributed by atoms with van der Waals surface area (Å²) in [5.74, 6) is -2.25. The average molecular weight is 256 g/mol. The van der Waals surface area contributed by atoms with Crippen molar-refractivity contribution in [2.45, 2.75) is 24.3 Å². The number of carboxylic acids is 2. The van der Waals surface area contributed by atoms with Crippen LogP contribution in [0.5, 0.6) is 0 Å². The monoisotopic (exact) mass is 256 g/mol. The molecule has 0 N–H and O–H groups in total. The molecule has 0 spiro atoms. The Kier molecular flexibility index (Phi) is 25.9. The summed E-state index contributed by atoms with van der Waals surface area (Å²) in [6, 6.07) is 0. The van der Waals surface area contributed by atoms with Crippen molar-refractivity contribution in [2.24, 2.45) is 0 Å². The Bertz CT molecular complexity index is 146. The van der Waals surface area contributed by atoms with Gasteiger partial charge in [0, 0.05) is 10.5 Å². The van der Waals surface area contributed by atoms with Crippen molar-refractivity contribution in [2.75, 3.05) is 0 Å². The Morgan fingerprint density at radius 1 is 0.929 bits per heavy atom. The number of thiol groups is 2. The summed E-state index contributed by atoms with van der Waals surface area (Å²) in [6.45, 7) is 2.89. The van der Waals surface area contributed by atoms with Gasteiger partial charge in [0.05, 0.1) is 11.9 Å². The molecule has 0 fully saturated rings. The first-order chi connectivity index (χ1) is 5.29. The molecule has 14 heavy (non-hydrogen) atoms. The molecule has 0 saturated heterocycles. The van der Waals surface area contributed by atoms with Crippen LogP contribution in [0.2, 0.25) is 0 Å². The third-order valence-electron chi connectivity index (χ3n) is 0.682. The average Bonchev–Trinajstić information content (AvgIpc) is 1.88. The van der Waals surface area contributed by atoms with Crippen LogP contribution in [0.15, 0.2) is 0 Å². The van der Waals surface area contributed by atoms with Gasteiger partial charge in [0.1, 0.15) is 0 Å². The molecule has 2 unspecified atom stereocenters. The van der Waals surface area contributed by atoms with E-state index in [1.807, 2.05) is 0 Å². The molecule has 0 bridgehead atoms. The third kappa shape index (κ3) is 23.5. The Hall–Kier alpha value is 1.64. The van der Waals surface area contributed by atoms with Crippen LogP contribution in [0.3, 0.4) is 0 Å². The van der Waals surface area contributed by atoms with Crippen molar-refractivity contribution in [3.05, 3.63) is 0 Å². The largest absolute Gasteiger partial charge is 1.00 e. The number of hydrogen-bond acceptors (Lipinski definition) is 6. The van der Waals surface area contributed by atoms with Crippen molar-refractivity contribution in [3.8, 4) is 0 Å². The molecular weight excluding hydrogens is 246 g/mol. The van der Waals surface area contributed by atoms with E-state index in [0.29, 0.717) is 0 Å². The van der Waals surface area contributed by atoms with Crippen LogP contribution in [0, 0.1) is 0 Å². The second-order valence-electron chi connectivity index (χ2n) is 1.99. The second kappa shape index (κ2) is 14.6. The predicted molar refractivity (Wildman–Crippen MR) is 46.9 cm³/mol. The van der Waals surface area contributed by atoms with Gasteiger partial charge < -0.3 is 19.8 Å². The van der Waals surface area contributed by atoms with Crippen LogP contribution >= 0.6 is 25.3 Å². The van der Waals surface area contributed by atoms with E-state index < -0.39 is 22.4 Å². The van der Waals surface area contributed by atoms with E-state index in [9.17, 15) is 19.8 Å². The predicted octanol–water partition coefficient (Wildman–Crippen LogP) is -7.88. The molecule has 0 heterocycles. The first kappa shape index (κ1) is 24.7. The third-order valence-corrected chi connectivity index (χ3v) is 1.10. The first-order valence-corrected chi connectivity index (χ1v) is 4.10. The fourth-order valence-corrected chi connectivity index (χ4v) is 0. The zero-order chi connectivity index (χ0) is 10.3. The van der Waals surface area contributed by atoms with Crippen molar-refractivity contribution >= 4 is 37.2 Å². The molecule has 0 aromatic carbocycles. The topological polar surface area (TPSA) is 80.3 Å². The minimum Gasteiger partial charge on any atom is -0.549 e. The van der Waals surface area contributed by atoms with Gasteiger partial charge in [0.2, 0.25) is 0 Å². The van der Waals surface area contributed by atoms with Gasteiger partial charge in [-0.05, 0) is 13.8 Å². The van der Waals surface area contributed by atoms with Gasteiger partial charge in [-0.2, -0.15) is 25.3 Å². The zero-order valence-corrected chi connectivity index (χ0v) is 14.5. The number of rotatable bonds is 2. The summed E-state index contributed by atoms with van der Waals surface area (Å²) in [4.78, 5) is 19.0. The summed E-state index contributed by atoms with van der Waals surface area (Å²) in [5, 5.41) is 17.7. The van der Waals surface area contributed by atoms with E-state index in [-0.39, 0.29) is 59.1 Å². The summed E-state index contributed by atoms with van der Waals surface area (Å²) < 4.78 is 0. The normalized spacial score (nSPS) is 11.7. The molecule has 0 aromatic heterocycles. The molecule has 0 aliphatic rings. The van der Waals surface area contributed by atoms with E-state index in [1.54, 1.807) is 0 Å². The van der Waals surface area contributed by atoms with Crippen LogP contribution in [0.25, 0.3) is 0 Å². The maximum atomic E-state index is 9.51. The summed E-state index contributed by atoms with van der Waals surface area (Å²) >= 11 is 7.06. The van der Waals surface area contributed by atoms with Crippen LogP contribution in [-0.2, 0) is 9.59 Å². The molecular formula is C6H10Na2O4S2. The number of carbonyl (C=O) groups excluding carboxylic acids is 2. The fourth-order valence-electron chi connectivity index (χ4n) is 0. The maximum absolute atomic E-state index is 9.51. The van der Waals surface area contributed by atoms with Gasteiger partial charge in [-0.3, -0.25) is 0 Å². The van der Waals surface area contributed by atoms with Gasteiger partial charge in [-0.1, -0.05) is 0 Å². The van der Waals surface area contributed by atoms with Gasteiger partial charge in [0.15, 0.2) is 0 Å². The van der Waals surface area contributed by atoms with Gasteiger partial charge in [0.25, 0.3) is 0 Å². The molecule has 0 rings (SSSR count). The number of carboxylic acid groups (broad SMARTS) is 2. The summed E-state index contributed by atoms with van der Waals surface area (Å²) in [7, 11) is 0. The smallest absolute Gasteiger partial charge is 0.549 e. The zero-order valence-electron chi connectivity index (χ0n) is 8.68. The van der Waals surface area contributed by atoms with Crippen molar-refractivity contribution in [1.82, 2.24) is 0 Å². The number of hydrogen-bond donors (Lipinski definition) is 2. The minimum atomic E-state index is -1.13. The number of carbonyl (C=O) groups is 2. The Morgan fingerprint density at radius 3 is 1.00 bits per heavy atom. The van der Waals surface area contributed by atoms with Gasteiger partial charge in [-0.25, -0.2) is 0 Å². The minimum absolute atomic E-state index is 0. The van der Waals surface area contributed by atoms with Crippen molar-refractivity contribution in [3.63, 3.8) is 0 Å². The Morgan fingerprint density at radius 2 is 1.00 bits per heavy atom. The van der Waals surface area contributed by atoms with Crippen molar-refractivity contribution in [1.29, 1.82) is 0 Å². The molecule has 72 valence electrons. The van der Waals surface area contributed by atoms with E-state index in [4.69, 9.17) is 0 Å². The summed E-state index contributed by atoms with van der Waals surface area (Å²) in [5.41, 5.74) is 0. The molecule has 0 aromatic rings. The quantitative estimate of drug-likeness (QED) is 0.380. The molecule has 0 aliphatic heterocycles.